The lowest BCUT2D eigenvalue weighted by Gasteiger charge is -2.28. The predicted octanol–water partition coefficient (Wildman–Crippen LogP) is 2.62. The summed E-state index contributed by atoms with van der Waals surface area (Å²) in [7, 11) is 1.84. The summed E-state index contributed by atoms with van der Waals surface area (Å²) in [6.45, 7) is 6.78. The Morgan fingerprint density at radius 1 is 1.26 bits per heavy atom. The zero-order chi connectivity index (χ0) is 14.4. The zero-order valence-electron chi connectivity index (χ0n) is 12.5. The smallest absolute Gasteiger partial charge is 0.230 e. The number of amides is 1. The van der Waals surface area contributed by atoms with E-state index in [9.17, 15) is 4.79 Å². The van der Waals surface area contributed by atoms with Gasteiger partial charge in [-0.05, 0) is 18.4 Å². The number of benzene rings is 1. The summed E-state index contributed by atoms with van der Waals surface area (Å²) >= 11 is 0. The van der Waals surface area contributed by atoms with Crippen LogP contribution in [0.2, 0.25) is 0 Å². The van der Waals surface area contributed by atoms with Gasteiger partial charge in [0.05, 0.1) is 5.92 Å². The van der Waals surface area contributed by atoms with Crippen LogP contribution in [0.1, 0.15) is 38.7 Å². The maximum absolute atomic E-state index is 12.6. The first kappa shape index (κ1) is 15.7. The predicted molar refractivity (Wildman–Crippen MR) is 79.9 cm³/mol. The van der Waals surface area contributed by atoms with E-state index < -0.39 is 0 Å². The van der Waals surface area contributed by atoms with Gasteiger partial charge in [0.15, 0.2) is 0 Å². The number of carbonyl (C=O) groups is 1. The molecule has 0 radical (unpaired) electrons. The number of hydrogen-bond donors (Lipinski definition) is 1. The third-order valence-corrected chi connectivity index (χ3v) is 3.58. The summed E-state index contributed by atoms with van der Waals surface area (Å²) in [5.41, 5.74) is 6.88. The standard InChI is InChI=1S/C16H26N2O/c1-5-12(2)15(14-9-7-6-8-10-14)16(19)18(4)11-13(3)17/h6-10,12-13,15H,5,11,17H2,1-4H3. The average Bonchev–Trinajstić information content (AvgIpc) is 2.39. The Labute approximate surface area is 116 Å². The van der Waals surface area contributed by atoms with Crippen molar-refractivity contribution in [2.24, 2.45) is 11.7 Å². The van der Waals surface area contributed by atoms with E-state index in [0.29, 0.717) is 12.5 Å². The molecule has 0 heterocycles. The van der Waals surface area contributed by atoms with E-state index in [1.165, 1.54) is 0 Å². The van der Waals surface area contributed by atoms with Crippen LogP contribution in [0.3, 0.4) is 0 Å². The first-order chi connectivity index (χ1) is 8.97. The molecule has 1 rings (SSSR count). The van der Waals surface area contributed by atoms with Crippen LogP contribution in [0.25, 0.3) is 0 Å². The molecule has 0 fully saturated rings. The highest BCUT2D eigenvalue weighted by atomic mass is 16.2. The molecule has 3 unspecified atom stereocenters. The van der Waals surface area contributed by atoms with Crippen LogP contribution >= 0.6 is 0 Å². The number of hydrogen-bond acceptors (Lipinski definition) is 2. The number of rotatable bonds is 6. The molecule has 3 heteroatoms. The summed E-state index contributed by atoms with van der Waals surface area (Å²) < 4.78 is 0. The molecule has 1 aromatic rings. The second-order valence-electron chi connectivity index (χ2n) is 5.47. The number of likely N-dealkylation sites (N-methyl/N-ethyl adjacent to an activating group) is 1. The number of carbonyl (C=O) groups excluding carboxylic acids is 1. The topological polar surface area (TPSA) is 46.3 Å². The Morgan fingerprint density at radius 2 is 1.84 bits per heavy atom. The Kier molecular flexibility index (Phi) is 6.03. The molecule has 0 saturated carbocycles. The van der Waals surface area contributed by atoms with Crippen LogP contribution in [0.15, 0.2) is 30.3 Å². The van der Waals surface area contributed by atoms with Crippen molar-refractivity contribution in [2.75, 3.05) is 13.6 Å². The van der Waals surface area contributed by atoms with E-state index in [1.807, 2.05) is 44.3 Å². The van der Waals surface area contributed by atoms with Gasteiger partial charge < -0.3 is 10.6 Å². The van der Waals surface area contributed by atoms with Crippen molar-refractivity contribution in [3.63, 3.8) is 0 Å². The van der Waals surface area contributed by atoms with Crippen LogP contribution < -0.4 is 5.73 Å². The Balaban J connectivity index is 2.95. The van der Waals surface area contributed by atoms with Gasteiger partial charge in [0.25, 0.3) is 0 Å². The Morgan fingerprint density at radius 3 is 2.32 bits per heavy atom. The molecule has 0 aliphatic carbocycles. The molecule has 0 aliphatic heterocycles. The van der Waals surface area contributed by atoms with Crippen LogP contribution in [-0.2, 0) is 4.79 Å². The summed E-state index contributed by atoms with van der Waals surface area (Å²) in [6, 6.07) is 10.0. The van der Waals surface area contributed by atoms with E-state index in [2.05, 4.69) is 13.8 Å². The fourth-order valence-electron chi connectivity index (χ4n) is 2.37. The fraction of sp³-hybridized carbons (Fsp3) is 0.562. The van der Waals surface area contributed by atoms with Crippen molar-refractivity contribution in [3.8, 4) is 0 Å². The second kappa shape index (κ2) is 7.29. The lowest BCUT2D eigenvalue weighted by Crippen LogP contribution is -2.40. The van der Waals surface area contributed by atoms with Crippen LogP contribution in [0.5, 0.6) is 0 Å². The monoisotopic (exact) mass is 262 g/mol. The molecule has 106 valence electrons. The molecule has 3 atom stereocenters. The van der Waals surface area contributed by atoms with Gasteiger partial charge in [0.2, 0.25) is 5.91 Å². The van der Waals surface area contributed by atoms with Gasteiger partial charge in [-0.3, -0.25) is 4.79 Å². The molecule has 19 heavy (non-hydrogen) atoms. The van der Waals surface area contributed by atoms with E-state index in [0.717, 1.165) is 12.0 Å². The molecule has 2 N–H and O–H groups in total. The highest BCUT2D eigenvalue weighted by Gasteiger charge is 2.28. The average molecular weight is 262 g/mol. The first-order valence-corrected chi connectivity index (χ1v) is 7.02. The van der Waals surface area contributed by atoms with Crippen molar-refractivity contribution in [1.29, 1.82) is 0 Å². The van der Waals surface area contributed by atoms with Crippen molar-refractivity contribution >= 4 is 5.91 Å². The molecule has 3 nitrogen and oxygen atoms in total. The Bertz CT molecular complexity index is 389. The van der Waals surface area contributed by atoms with Crippen molar-refractivity contribution in [3.05, 3.63) is 35.9 Å². The SMILES string of the molecule is CCC(C)C(C(=O)N(C)CC(C)N)c1ccccc1. The molecular weight excluding hydrogens is 236 g/mol. The second-order valence-corrected chi connectivity index (χ2v) is 5.47. The van der Waals surface area contributed by atoms with Crippen LogP contribution in [-0.4, -0.2) is 30.4 Å². The van der Waals surface area contributed by atoms with Crippen LogP contribution in [0, 0.1) is 5.92 Å². The molecule has 0 saturated heterocycles. The van der Waals surface area contributed by atoms with Gasteiger partial charge in [-0.15, -0.1) is 0 Å². The third kappa shape index (κ3) is 4.35. The summed E-state index contributed by atoms with van der Waals surface area (Å²) in [4.78, 5) is 14.4. The summed E-state index contributed by atoms with van der Waals surface area (Å²) in [6.07, 6.45) is 0.983. The molecule has 1 aromatic carbocycles. The van der Waals surface area contributed by atoms with Crippen molar-refractivity contribution in [1.82, 2.24) is 4.90 Å². The number of nitrogens with two attached hydrogens (primary N) is 1. The van der Waals surface area contributed by atoms with Crippen molar-refractivity contribution < 1.29 is 4.79 Å². The molecule has 0 spiro atoms. The minimum absolute atomic E-state index is 0.00214. The summed E-state index contributed by atoms with van der Waals surface area (Å²) in [5.74, 6) is 0.415. The molecule has 0 bridgehead atoms. The summed E-state index contributed by atoms with van der Waals surface area (Å²) in [5, 5.41) is 0. The lowest BCUT2D eigenvalue weighted by atomic mass is 9.84. The van der Waals surface area contributed by atoms with Crippen LogP contribution in [0.4, 0.5) is 0 Å². The van der Waals surface area contributed by atoms with Gasteiger partial charge in [-0.2, -0.15) is 0 Å². The van der Waals surface area contributed by atoms with Gasteiger partial charge >= 0.3 is 0 Å². The maximum atomic E-state index is 12.6. The molecule has 0 aliphatic rings. The lowest BCUT2D eigenvalue weighted by molar-refractivity contribution is -0.132. The first-order valence-electron chi connectivity index (χ1n) is 7.02. The van der Waals surface area contributed by atoms with E-state index in [-0.39, 0.29) is 17.9 Å². The zero-order valence-corrected chi connectivity index (χ0v) is 12.5. The van der Waals surface area contributed by atoms with E-state index in [1.54, 1.807) is 4.90 Å². The molecule has 0 aromatic heterocycles. The van der Waals surface area contributed by atoms with Gasteiger partial charge in [-0.1, -0.05) is 50.6 Å². The largest absolute Gasteiger partial charge is 0.344 e. The quantitative estimate of drug-likeness (QED) is 0.856. The minimum atomic E-state index is -0.0741. The highest BCUT2D eigenvalue weighted by molar-refractivity contribution is 5.83. The van der Waals surface area contributed by atoms with E-state index >= 15 is 0 Å². The Hall–Kier alpha value is -1.35. The minimum Gasteiger partial charge on any atom is -0.344 e. The van der Waals surface area contributed by atoms with Gasteiger partial charge in [0.1, 0.15) is 0 Å². The third-order valence-electron chi connectivity index (χ3n) is 3.58. The maximum Gasteiger partial charge on any atom is 0.230 e. The molecular formula is C16H26N2O. The number of nitrogens with zero attached hydrogens (tertiary/aromatic N) is 1. The van der Waals surface area contributed by atoms with Gasteiger partial charge in [-0.25, -0.2) is 0 Å². The normalized spacial score (nSPS) is 15.6. The van der Waals surface area contributed by atoms with Gasteiger partial charge in [0, 0.05) is 19.6 Å². The molecule has 1 amide bonds. The van der Waals surface area contributed by atoms with E-state index in [4.69, 9.17) is 5.73 Å². The fourth-order valence-corrected chi connectivity index (χ4v) is 2.37. The van der Waals surface area contributed by atoms with Crippen molar-refractivity contribution in [2.45, 2.75) is 39.2 Å². The highest BCUT2D eigenvalue weighted by Crippen LogP contribution is 2.28.